The van der Waals surface area contributed by atoms with Crippen LogP contribution in [0.25, 0.3) is 0 Å². The van der Waals surface area contributed by atoms with Crippen molar-refractivity contribution in [2.24, 2.45) is 0 Å². The molecule has 0 saturated carbocycles. The van der Waals surface area contributed by atoms with Crippen molar-refractivity contribution in [3.05, 3.63) is 36.2 Å². The zero-order valence-electron chi connectivity index (χ0n) is 13.4. The van der Waals surface area contributed by atoms with E-state index in [1.54, 1.807) is 0 Å². The number of benzene rings is 1. The molecular formula is C17H25N3O. The van der Waals surface area contributed by atoms with E-state index in [4.69, 9.17) is 4.74 Å². The standard InChI is InChI=1S/C17H25N3O/c1-5-10-20-12-13(3)18-17(20)19-15-8-7-9-16(11-15)21-14(4)6-2/h7-9,11-12,14H,5-6,10H2,1-4H3,(H,18,19). The molecule has 4 nitrogen and oxygen atoms in total. The molecule has 2 rings (SSSR count). The van der Waals surface area contributed by atoms with E-state index >= 15 is 0 Å². The van der Waals surface area contributed by atoms with Crippen LogP contribution in [0.4, 0.5) is 11.6 Å². The second kappa shape index (κ2) is 7.16. The summed E-state index contributed by atoms with van der Waals surface area (Å²) in [6, 6.07) is 8.04. The molecule has 0 bridgehead atoms. The monoisotopic (exact) mass is 287 g/mol. The van der Waals surface area contributed by atoms with Gasteiger partial charge in [-0.05, 0) is 38.8 Å². The molecule has 1 heterocycles. The van der Waals surface area contributed by atoms with Gasteiger partial charge < -0.3 is 14.6 Å². The second-order valence-electron chi connectivity index (χ2n) is 5.39. The van der Waals surface area contributed by atoms with Gasteiger partial charge in [0.25, 0.3) is 0 Å². The van der Waals surface area contributed by atoms with E-state index in [1.807, 2.05) is 31.2 Å². The summed E-state index contributed by atoms with van der Waals surface area (Å²) in [5, 5.41) is 3.38. The fourth-order valence-electron chi connectivity index (χ4n) is 2.15. The van der Waals surface area contributed by atoms with Crippen molar-refractivity contribution < 1.29 is 4.74 Å². The highest BCUT2D eigenvalue weighted by atomic mass is 16.5. The van der Waals surface area contributed by atoms with Crippen molar-refractivity contribution in [1.29, 1.82) is 0 Å². The third kappa shape index (κ3) is 4.25. The number of imidazole rings is 1. The van der Waals surface area contributed by atoms with Gasteiger partial charge in [0.1, 0.15) is 5.75 Å². The van der Waals surface area contributed by atoms with Gasteiger partial charge in [-0.25, -0.2) is 4.98 Å². The number of aryl methyl sites for hydroxylation is 2. The molecule has 2 aromatic rings. The van der Waals surface area contributed by atoms with E-state index in [-0.39, 0.29) is 6.10 Å². The summed E-state index contributed by atoms with van der Waals surface area (Å²) in [4.78, 5) is 4.54. The average molecular weight is 287 g/mol. The SMILES string of the molecule is CCCn1cc(C)nc1Nc1cccc(OC(C)CC)c1. The van der Waals surface area contributed by atoms with Crippen LogP contribution in [0.5, 0.6) is 5.75 Å². The minimum absolute atomic E-state index is 0.226. The first-order chi connectivity index (χ1) is 10.1. The molecule has 1 unspecified atom stereocenters. The molecule has 4 heteroatoms. The number of hydrogen-bond donors (Lipinski definition) is 1. The first kappa shape index (κ1) is 15.4. The molecule has 0 aliphatic heterocycles. The molecule has 0 fully saturated rings. The number of nitrogens with one attached hydrogen (secondary N) is 1. The molecule has 0 spiro atoms. The summed E-state index contributed by atoms with van der Waals surface area (Å²) >= 11 is 0. The maximum Gasteiger partial charge on any atom is 0.207 e. The lowest BCUT2D eigenvalue weighted by molar-refractivity contribution is 0.217. The van der Waals surface area contributed by atoms with Crippen LogP contribution in [0.2, 0.25) is 0 Å². The Labute approximate surface area is 127 Å². The normalized spacial score (nSPS) is 12.2. The Morgan fingerprint density at radius 1 is 1.33 bits per heavy atom. The van der Waals surface area contributed by atoms with Gasteiger partial charge >= 0.3 is 0 Å². The Hall–Kier alpha value is -1.97. The summed E-state index contributed by atoms with van der Waals surface area (Å²) in [5.74, 6) is 1.77. The van der Waals surface area contributed by atoms with Crippen LogP contribution < -0.4 is 10.1 Å². The fraction of sp³-hybridized carbons (Fsp3) is 0.471. The van der Waals surface area contributed by atoms with Crippen LogP contribution in [0.1, 0.15) is 39.3 Å². The Bertz CT molecular complexity index is 577. The summed E-state index contributed by atoms with van der Waals surface area (Å²) in [5.41, 5.74) is 2.02. The van der Waals surface area contributed by atoms with Gasteiger partial charge in [0.2, 0.25) is 5.95 Å². The Balaban J connectivity index is 2.14. The van der Waals surface area contributed by atoms with Crippen LogP contribution in [0, 0.1) is 6.92 Å². The predicted octanol–water partition coefficient (Wildman–Crippen LogP) is 4.52. The van der Waals surface area contributed by atoms with Gasteiger partial charge in [-0.15, -0.1) is 0 Å². The van der Waals surface area contributed by atoms with Crippen molar-refractivity contribution in [1.82, 2.24) is 9.55 Å². The highest BCUT2D eigenvalue weighted by Crippen LogP contribution is 2.22. The molecule has 0 radical (unpaired) electrons. The molecule has 114 valence electrons. The number of nitrogens with zero attached hydrogens (tertiary/aromatic N) is 2. The zero-order chi connectivity index (χ0) is 15.2. The average Bonchev–Trinajstić information content (AvgIpc) is 2.79. The Morgan fingerprint density at radius 2 is 2.14 bits per heavy atom. The molecule has 0 aliphatic carbocycles. The van der Waals surface area contributed by atoms with E-state index in [0.717, 1.165) is 42.5 Å². The molecule has 1 aromatic carbocycles. The number of aromatic nitrogens is 2. The number of anilines is 2. The minimum Gasteiger partial charge on any atom is -0.491 e. The van der Waals surface area contributed by atoms with E-state index in [2.05, 4.69) is 41.8 Å². The fourth-order valence-corrected chi connectivity index (χ4v) is 2.15. The van der Waals surface area contributed by atoms with Crippen LogP contribution in [0.3, 0.4) is 0 Å². The molecule has 0 aliphatic rings. The minimum atomic E-state index is 0.226. The van der Waals surface area contributed by atoms with Crippen molar-refractivity contribution in [2.45, 2.75) is 53.2 Å². The highest BCUT2D eigenvalue weighted by Gasteiger charge is 2.07. The third-order valence-corrected chi connectivity index (χ3v) is 3.36. The van der Waals surface area contributed by atoms with Crippen LogP contribution in [-0.2, 0) is 6.54 Å². The Morgan fingerprint density at radius 3 is 2.86 bits per heavy atom. The first-order valence-corrected chi connectivity index (χ1v) is 7.69. The lowest BCUT2D eigenvalue weighted by Crippen LogP contribution is -2.09. The predicted molar refractivity (Wildman–Crippen MR) is 87.4 cm³/mol. The topological polar surface area (TPSA) is 39.1 Å². The van der Waals surface area contributed by atoms with Gasteiger partial charge in [0.05, 0.1) is 11.8 Å². The van der Waals surface area contributed by atoms with E-state index in [0.29, 0.717) is 0 Å². The molecular weight excluding hydrogens is 262 g/mol. The lowest BCUT2D eigenvalue weighted by Gasteiger charge is -2.14. The number of hydrogen-bond acceptors (Lipinski definition) is 3. The summed E-state index contributed by atoms with van der Waals surface area (Å²) in [6.45, 7) is 9.35. The Kier molecular flexibility index (Phi) is 5.26. The number of rotatable bonds is 7. The van der Waals surface area contributed by atoms with Gasteiger partial charge in [-0.3, -0.25) is 0 Å². The maximum absolute atomic E-state index is 5.86. The maximum atomic E-state index is 5.86. The zero-order valence-corrected chi connectivity index (χ0v) is 13.4. The van der Waals surface area contributed by atoms with Crippen molar-refractivity contribution in [2.75, 3.05) is 5.32 Å². The second-order valence-corrected chi connectivity index (χ2v) is 5.39. The van der Waals surface area contributed by atoms with Gasteiger partial charge in [-0.1, -0.05) is 19.9 Å². The van der Waals surface area contributed by atoms with Gasteiger partial charge in [0.15, 0.2) is 0 Å². The third-order valence-electron chi connectivity index (χ3n) is 3.36. The summed E-state index contributed by atoms with van der Waals surface area (Å²) in [7, 11) is 0. The lowest BCUT2D eigenvalue weighted by atomic mass is 10.3. The largest absolute Gasteiger partial charge is 0.491 e. The van der Waals surface area contributed by atoms with Crippen LogP contribution in [-0.4, -0.2) is 15.7 Å². The van der Waals surface area contributed by atoms with Crippen molar-refractivity contribution in [3.63, 3.8) is 0 Å². The summed E-state index contributed by atoms with van der Waals surface area (Å²) in [6.07, 6.45) is 4.38. The smallest absolute Gasteiger partial charge is 0.207 e. The van der Waals surface area contributed by atoms with Crippen LogP contribution in [0.15, 0.2) is 30.5 Å². The molecule has 1 aromatic heterocycles. The molecule has 1 atom stereocenters. The molecule has 21 heavy (non-hydrogen) atoms. The quantitative estimate of drug-likeness (QED) is 0.813. The van der Waals surface area contributed by atoms with E-state index < -0.39 is 0 Å². The van der Waals surface area contributed by atoms with Crippen LogP contribution >= 0.6 is 0 Å². The summed E-state index contributed by atoms with van der Waals surface area (Å²) < 4.78 is 8.01. The molecule has 0 saturated heterocycles. The van der Waals surface area contributed by atoms with E-state index in [1.165, 1.54) is 0 Å². The highest BCUT2D eigenvalue weighted by molar-refractivity contribution is 5.56. The van der Waals surface area contributed by atoms with Gasteiger partial charge in [-0.2, -0.15) is 0 Å². The van der Waals surface area contributed by atoms with Crippen molar-refractivity contribution in [3.8, 4) is 5.75 Å². The van der Waals surface area contributed by atoms with E-state index in [9.17, 15) is 0 Å². The first-order valence-electron chi connectivity index (χ1n) is 7.69. The number of ether oxygens (including phenoxy) is 1. The van der Waals surface area contributed by atoms with Crippen molar-refractivity contribution >= 4 is 11.6 Å². The molecule has 1 N–H and O–H groups in total. The molecule has 0 amide bonds. The van der Waals surface area contributed by atoms with Gasteiger partial charge in [0, 0.05) is 24.5 Å².